The minimum Gasteiger partial charge on any atom is -0.493 e. The van der Waals surface area contributed by atoms with Crippen LogP contribution in [0.15, 0.2) is 72.8 Å². The first-order chi connectivity index (χ1) is 17.7. The van der Waals surface area contributed by atoms with Gasteiger partial charge in [0.2, 0.25) is 0 Å². The molecule has 1 N–H and O–H groups in total. The Bertz CT molecular complexity index is 1170. The number of ether oxygens (including phenoxy) is 2. The van der Waals surface area contributed by atoms with Gasteiger partial charge in [0.25, 0.3) is 0 Å². The molecule has 36 heavy (non-hydrogen) atoms. The van der Waals surface area contributed by atoms with Crippen molar-refractivity contribution in [1.82, 2.24) is 5.32 Å². The quantitative estimate of drug-likeness (QED) is 0.342. The van der Waals surface area contributed by atoms with E-state index in [0.717, 1.165) is 5.75 Å². The van der Waals surface area contributed by atoms with Crippen molar-refractivity contribution in [3.8, 4) is 16.9 Å². The maximum absolute atomic E-state index is 12.7. The number of nitrogens with one attached hydrogen (secondary N) is 1. The van der Waals surface area contributed by atoms with Crippen LogP contribution in [0.2, 0.25) is 0 Å². The van der Waals surface area contributed by atoms with Crippen molar-refractivity contribution in [2.45, 2.75) is 44.4 Å². The number of hydrogen-bond acceptors (Lipinski definition) is 4. The highest BCUT2D eigenvalue weighted by Crippen LogP contribution is 2.44. The average Bonchev–Trinajstić information content (AvgIpc) is 3.25. The molecule has 3 aromatic carbocycles. The van der Waals surface area contributed by atoms with Crippen LogP contribution >= 0.6 is 0 Å². The van der Waals surface area contributed by atoms with E-state index >= 15 is 0 Å². The van der Waals surface area contributed by atoms with Crippen molar-refractivity contribution in [1.29, 1.82) is 0 Å². The lowest BCUT2D eigenvalue weighted by molar-refractivity contribution is 0.0980. The van der Waals surface area contributed by atoms with Gasteiger partial charge in [0.05, 0.1) is 6.61 Å². The van der Waals surface area contributed by atoms with E-state index in [1.165, 1.54) is 54.4 Å². The third kappa shape index (κ3) is 5.62. The zero-order valence-corrected chi connectivity index (χ0v) is 20.6. The molecule has 0 spiro atoms. The number of fused-ring (bicyclic) bond motifs is 3. The van der Waals surface area contributed by atoms with E-state index in [0.29, 0.717) is 18.1 Å². The van der Waals surface area contributed by atoms with Gasteiger partial charge in [-0.25, -0.2) is 4.79 Å². The lowest BCUT2D eigenvalue weighted by atomic mass is 9.90. The monoisotopic (exact) mass is 483 g/mol. The van der Waals surface area contributed by atoms with Gasteiger partial charge in [-0.1, -0.05) is 79.9 Å². The Labute approximate surface area is 212 Å². The molecule has 5 nitrogen and oxygen atoms in total. The third-order valence-electron chi connectivity index (χ3n) is 7.33. The van der Waals surface area contributed by atoms with Crippen LogP contribution in [0.5, 0.6) is 5.75 Å². The van der Waals surface area contributed by atoms with Crippen molar-refractivity contribution < 1.29 is 19.1 Å². The zero-order valence-electron chi connectivity index (χ0n) is 20.6. The molecular weight excluding hydrogens is 450 g/mol. The lowest BCUT2D eigenvalue weighted by Gasteiger charge is -2.21. The molecule has 5 heteroatoms. The highest BCUT2D eigenvalue weighted by molar-refractivity contribution is 5.96. The van der Waals surface area contributed by atoms with Crippen LogP contribution in [0.3, 0.4) is 0 Å². The van der Waals surface area contributed by atoms with Crippen LogP contribution in [0.4, 0.5) is 4.79 Å². The maximum atomic E-state index is 12.7. The molecule has 1 amide bonds. The second-order valence-corrected chi connectivity index (χ2v) is 9.77. The summed E-state index contributed by atoms with van der Waals surface area (Å²) in [6.07, 6.45) is 6.03. The van der Waals surface area contributed by atoms with Gasteiger partial charge in [-0.2, -0.15) is 0 Å². The predicted molar refractivity (Wildman–Crippen MR) is 141 cm³/mol. The molecule has 0 atom stereocenters. The minimum atomic E-state index is -0.505. The second kappa shape index (κ2) is 11.4. The maximum Gasteiger partial charge on any atom is 0.407 e. The SMILES string of the molecule is O=C(NCCC(=O)c1cccc(OCC2CCCCC2)c1)OCC1c2ccccc2-c2ccccc21. The Kier molecular flexibility index (Phi) is 7.65. The number of carbonyl (C=O) groups is 2. The fourth-order valence-corrected chi connectivity index (χ4v) is 5.40. The molecule has 3 aromatic rings. The van der Waals surface area contributed by atoms with E-state index in [1.807, 2.05) is 36.4 Å². The highest BCUT2D eigenvalue weighted by atomic mass is 16.5. The number of ketones is 1. The minimum absolute atomic E-state index is 0.0149. The summed E-state index contributed by atoms with van der Waals surface area (Å²) in [6, 6.07) is 23.8. The van der Waals surface area contributed by atoms with Crippen molar-refractivity contribution in [2.75, 3.05) is 19.8 Å². The van der Waals surface area contributed by atoms with Crippen molar-refractivity contribution in [2.24, 2.45) is 5.92 Å². The number of rotatable bonds is 9. The summed E-state index contributed by atoms with van der Waals surface area (Å²) in [5.41, 5.74) is 5.33. The summed E-state index contributed by atoms with van der Waals surface area (Å²) >= 11 is 0. The molecule has 0 aromatic heterocycles. The van der Waals surface area contributed by atoms with Gasteiger partial charge in [0.15, 0.2) is 5.78 Å². The molecule has 0 heterocycles. The fourth-order valence-electron chi connectivity index (χ4n) is 5.40. The summed E-state index contributed by atoms with van der Waals surface area (Å²) in [5, 5.41) is 2.72. The molecule has 0 aliphatic heterocycles. The van der Waals surface area contributed by atoms with Crippen LogP contribution < -0.4 is 10.1 Å². The number of amides is 1. The number of alkyl carbamates (subject to hydrolysis) is 1. The summed E-state index contributed by atoms with van der Waals surface area (Å²) in [7, 11) is 0. The summed E-state index contributed by atoms with van der Waals surface area (Å²) in [4.78, 5) is 25.0. The number of carbonyl (C=O) groups excluding carboxylic acids is 2. The van der Waals surface area contributed by atoms with Gasteiger partial charge >= 0.3 is 6.09 Å². The first-order valence-electron chi connectivity index (χ1n) is 13.0. The number of hydrogen-bond donors (Lipinski definition) is 1. The van der Waals surface area contributed by atoms with Crippen molar-refractivity contribution in [3.05, 3.63) is 89.5 Å². The smallest absolute Gasteiger partial charge is 0.407 e. The van der Waals surface area contributed by atoms with Gasteiger partial charge in [-0.15, -0.1) is 0 Å². The van der Waals surface area contributed by atoms with Gasteiger partial charge in [0.1, 0.15) is 12.4 Å². The Morgan fingerprint density at radius 1 is 0.806 bits per heavy atom. The van der Waals surface area contributed by atoms with Crippen molar-refractivity contribution >= 4 is 11.9 Å². The van der Waals surface area contributed by atoms with E-state index in [4.69, 9.17) is 9.47 Å². The molecule has 1 fully saturated rings. The summed E-state index contributed by atoms with van der Waals surface area (Å²) in [6.45, 7) is 1.19. The first kappa shape index (κ1) is 24.1. The molecule has 186 valence electrons. The lowest BCUT2D eigenvalue weighted by Crippen LogP contribution is -2.28. The number of benzene rings is 3. The van der Waals surface area contributed by atoms with Gasteiger partial charge in [0, 0.05) is 24.4 Å². The Morgan fingerprint density at radius 2 is 1.50 bits per heavy atom. The average molecular weight is 484 g/mol. The van der Waals surface area contributed by atoms with Crippen LogP contribution in [0.1, 0.15) is 65.9 Å². The Morgan fingerprint density at radius 3 is 2.22 bits per heavy atom. The Hall–Kier alpha value is -3.60. The first-order valence-corrected chi connectivity index (χ1v) is 13.0. The van der Waals surface area contributed by atoms with Crippen LogP contribution in [-0.4, -0.2) is 31.6 Å². The number of Topliss-reactive ketones (excluding diaryl/α,β-unsaturated/α-hetero) is 1. The van der Waals surface area contributed by atoms with E-state index in [2.05, 4.69) is 29.6 Å². The van der Waals surface area contributed by atoms with Gasteiger partial charge in [-0.05, 0) is 53.1 Å². The van der Waals surface area contributed by atoms with Crippen molar-refractivity contribution in [3.63, 3.8) is 0 Å². The topological polar surface area (TPSA) is 64.6 Å². The standard InChI is InChI=1S/C31H33NO4/c33-30(23-11-8-12-24(19-23)35-20-22-9-2-1-3-10-22)17-18-32-31(34)36-21-29-27-15-6-4-13-25(27)26-14-5-7-16-28(26)29/h4-8,11-16,19,22,29H,1-3,9-10,17-18,20-21H2,(H,32,34). The third-order valence-corrected chi connectivity index (χ3v) is 7.33. The van der Waals surface area contributed by atoms with Gasteiger partial charge < -0.3 is 14.8 Å². The highest BCUT2D eigenvalue weighted by Gasteiger charge is 2.29. The van der Waals surface area contributed by atoms with Crippen LogP contribution in [0.25, 0.3) is 11.1 Å². The van der Waals surface area contributed by atoms with E-state index < -0.39 is 6.09 Å². The predicted octanol–water partition coefficient (Wildman–Crippen LogP) is 6.76. The van der Waals surface area contributed by atoms with Crippen LogP contribution in [0, 0.1) is 5.92 Å². The Balaban J connectivity index is 1.08. The second-order valence-electron chi connectivity index (χ2n) is 9.77. The van der Waals surface area contributed by atoms with E-state index in [1.54, 1.807) is 12.1 Å². The van der Waals surface area contributed by atoms with E-state index in [9.17, 15) is 9.59 Å². The fraction of sp³-hybridized carbons (Fsp3) is 0.355. The molecule has 2 aliphatic carbocycles. The molecule has 2 aliphatic rings. The largest absolute Gasteiger partial charge is 0.493 e. The molecule has 0 bridgehead atoms. The zero-order chi connectivity index (χ0) is 24.7. The summed E-state index contributed by atoms with van der Waals surface area (Å²) in [5.74, 6) is 1.33. The normalized spacial score (nSPS) is 15.1. The molecule has 0 radical (unpaired) electrons. The van der Waals surface area contributed by atoms with Gasteiger partial charge in [-0.3, -0.25) is 4.79 Å². The molecule has 0 saturated heterocycles. The van der Waals surface area contributed by atoms with E-state index in [-0.39, 0.29) is 31.3 Å². The molecular formula is C31H33NO4. The van der Waals surface area contributed by atoms with Crippen LogP contribution in [-0.2, 0) is 4.74 Å². The molecule has 1 saturated carbocycles. The molecule has 5 rings (SSSR count). The molecule has 0 unspecified atom stereocenters. The summed E-state index contributed by atoms with van der Waals surface area (Å²) < 4.78 is 11.5.